The Hall–Kier alpha value is -2.24. The minimum atomic E-state index is -0.663. The molecule has 1 saturated heterocycles. The number of anilines is 3. The van der Waals surface area contributed by atoms with Crippen LogP contribution in [0.4, 0.5) is 26.2 Å². The smallest absolute Gasteiger partial charge is 0.229 e. The second kappa shape index (κ2) is 6.68. The molecule has 2 aromatic rings. The molecule has 0 unspecified atom stereocenters. The van der Waals surface area contributed by atoms with Crippen LogP contribution in [0.25, 0.3) is 0 Å². The van der Waals surface area contributed by atoms with Crippen LogP contribution < -0.4 is 10.2 Å². The maximum absolute atomic E-state index is 13.7. The van der Waals surface area contributed by atoms with Gasteiger partial charge >= 0.3 is 0 Å². The van der Waals surface area contributed by atoms with E-state index in [9.17, 15) is 8.78 Å². The minimum Gasteiger partial charge on any atom is -0.356 e. The molecule has 6 heteroatoms. The van der Waals surface area contributed by atoms with Crippen LogP contribution >= 0.6 is 0 Å². The molecule has 3 rings (SSSR count). The van der Waals surface area contributed by atoms with Gasteiger partial charge in [-0.2, -0.15) is 4.98 Å². The van der Waals surface area contributed by atoms with Crippen molar-refractivity contribution in [3.05, 3.63) is 42.1 Å². The van der Waals surface area contributed by atoms with E-state index in [2.05, 4.69) is 20.2 Å². The molecule has 1 N–H and O–H groups in total. The van der Waals surface area contributed by atoms with Crippen molar-refractivity contribution >= 4 is 17.5 Å². The van der Waals surface area contributed by atoms with Gasteiger partial charge in [0.25, 0.3) is 0 Å². The molecule has 1 aromatic heterocycles. The molecular formula is C16H18F2N4. The summed E-state index contributed by atoms with van der Waals surface area (Å²) in [6.07, 6.45) is 6.44. The number of nitrogens with zero attached hydrogens (tertiary/aromatic N) is 3. The largest absolute Gasteiger partial charge is 0.356 e. The topological polar surface area (TPSA) is 41.1 Å². The first-order valence-corrected chi connectivity index (χ1v) is 7.52. The van der Waals surface area contributed by atoms with Gasteiger partial charge in [0.05, 0.1) is 5.69 Å². The van der Waals surface area contributed by atoms with Crippen molar-refractivity contribution in [1.82, 2.24) is 9.97 Å². The average molecular weight is 304 g/mol. The molecule has 1 aliphatic rings. The van der Waals surface area contributed by atoms with Crippen LogP contribution in [-0.2, 0) is 0 Å². The van der Waals surface area contributed by atoms with Crippen molar-refractivity contribution in [2.45, 2.75) is 25.7 Å². The summed E-state index contributed by atoms with van der Waals surface area (Å²) in [6, 6.07) is 5.23. The minimum absolute atomic E-state index is 0.161. The molecular weight excluding hydrogens is 286 g/mol. The highest BCUT2D eigenvalue weighted by molar-refractivity contribution is 5.55. The SMILES string of the molecule is Fc1ccc(Nc2nccc(N3CCCCCC3)n2)c(F)c1. The van der Waals surface area contributed by atoms with Gasteiger partial charge in [0, 0.05) is 25.4 Å². The van der Waals surface area contributed by atoms with Gasteiger partial charge in [0.15, 0.2) is 0 Å². The lowest BCUT2D eigenvalue weighted by Crippen LogP contribution is -2.25. The first-order chi connectivity index (χ1) is 10.7. The highest BCUT2D eigenvalue weighted by Gasteiger charge is 2.12. The lowest BCUT2D eigenvalue weighted by atomic mass is 10.2. The molecule has 0 radical (unpaired) electrons. The van der Waals surface area contributed by atoms with Gasteiger partial charge in [-0.15, -0.1) is 0 Å². The number of benzene rings is 1. The van der Waals surface area contributed by atoms with Crippen LogP contribution in [0.1, 0.15) is 25.7 Å². The predicted molar refractivity (Wildman–Crippen MR) is 82.4 cm³/mol. The van der Waals surface area contributed by atoms with Crippen LogP contribution in [0.3, 0.4) is 0 Å². The van der Waals surface area contributed by atoms with E-state index < -0.39 is 11.6 Å². The molecule has 2 heterocycles. The van der Waals surface area contributed by atoms with Gasteiger partial charge < -0.3 is 10.2 Å². The maximum Gasteiger partial charge on any atom is 0.229 e. The summed E-state index contributed by atoms with van der Waals surface area (Å²) < 4.78 is 26.6. The second-order valence-corrected chi connectivity index (χ2v) is 5.39. The Balaban J connectivity index is 1.78. The number of halogens is 2. The van der Waals surface area contributed by atoms with Gasteiger partial charge in [0.2, 0.25) is 5.95 Å². The van der Waals surface area contributed by atoms with Crippen molar-refractivity contribution in [3.8, 4) is 0 Å². The van der Waals surface area contributed by atoms with Gasteiger partial charge in [-0.3, -0.25) is 0 Å². The van der Waals surface area contributed by atoms with Crippen LogP contribution in [0.5, 0.6) is 0 Å². The highest BCUT2D eigenvalue weighted by Crippen LogP contribution is 2.21. The molecule has 1 fully saturated rings. The fraction of sp³-hybridized carbons (Fsp3) is 0.375. The van der Waals surface area contributed by atoms with E-state index in [4.69, 9.17) is 0 Å². The van der Waals surface area contributed by atoms with Crippen molar-refractivity contribution in [3.63, 3.8) is 0 Å². The van der Waals surface area contributed by atoms with E-state index >= 15 is 0 Å². The zero-order valence-electron chi connectivity index (χ0n) is 12.2. The summed E-state index contributed by atoms with van der Waals surface area (Å²) in [5.41, 5.74) is 0.161. The molecule has 0 spiro atoms. The quantitative estimate of drug-likeness (QED) is 0.934. The van der Waals surface area contributed by atoms with Crippen LogP contribution in [0.15, 0.2) is 30.5 Å². The normalized spacial score (nSPS) is 15.5. The third kappa shape index (κ3) is 3.50. The van der Waals surface area contributed by atoms with Gasteiger partial charge in [-0.05, 0) is 31.0 Å². The Kier molecular flexibility index (Phi) is 4.46. The second-order valence-electron chi connectivity index (χ2n) is 5.39. The maximum atomic E-state index is 13.7. The zero-order valence-corrected chi connectivity index (χ0v) is 12.2. The molecule has 0 amide bonds. The Morgan fingerprint density at radius 2 is 1.77 bits per heavy atom. The zero-order chi connectivity index (χ0) is 15.4. The average Bonchev–Trinajstić information content (AvgIpc) is 2.80. The van der Waals surface area contributed by atoms with Crippen LogP contribution in [0, 0.1) is 11.6 Å². The van der Waals surface area contributed by atoms with E-state index in [1.165, 1.54) is 25.0 Å². The first kappa shape index (κ1) is 14.7. The van der Waals surface area contributed by atoms with E-state index in [1.807, 2.05) is 6.07 Å². The van der Waals surface area contributed by atoms with Gasteiger partial charge in [-0.25, -0.2) is 13.8 Å². The molecule has 4 nitrogen and oxygen atoms in total. The molecule has 1 aromatic carbocycles. The van der Waals surface area contributed by atoms with Crippen molar-refractivity contribution in [2.24, 2.45) is 0 Å². The fourth-order valence-corrected chi connectivity index (χ4v) is 2.60. The number of hydrogen-bond acceptors (Lipinski definition) is 4. The van der Waals surface area contributed by atoms with E-state index in [-0.39, 0.29) is 5.69 Å². The molecule has 0 bridgehead atoms. The number of hydrogen-bond donors (Lipinski definition) is 1. The summed E-state index contributed by atoms with van der Waals surface area (Å²) in [7, 11) is 0. The lowest BCUT2D eigenvalue weighted by Gasteiger charge is -2.21. The third-order valence-corrected chi connectivity index (χ3v) is 3.75. The predicted octanol–water partition coefficient (Wildman–Crippen LogP) is 3.88. The summed E-state index contributed by atoms with van der Waals surface area (Å²) in [5.74, 6) is -0.125. The Morgan fingerprint density at radius 1 is 1.00 bits per heavy atom. The summed E-state index contributed by atoms with van der Waals surface area (Å²) in [6.45, 7) is 1.95. The molecule has 22 heavy (non-hydrogen) atoms. The fourth-order valence-electron chi connectivity index (χ4n) is 2.60. The summed E-state index contributed by atoms with van der Waals surface area (Å²) >= 11 is 0. The Bertz CT molecular complexity index is 640. The Labute approximate surface area is 128 Å². The lowest BCUT2D eigenvalue weighted by molar-refractivity contribution is 0.586. The molecule has 0 saturated carbocycles. The molecule has 0 atom stereocenters. The van der Waals surface area contributed by atoms with Gasteiger partial charge in [-0.1, -0.05) is 12.8 Å². The van der Waals surface area contributed by atoms with Crippen molar-refractivity contribution in [2.75, 3.05) is 23.3 Å². The number of nitrogens with one attached hydrogen (secondary N) is 1. The summed E-state index contributed by atoms with van der Waals surface area (Å²) in [4.78, 5) is 10.8. The number of aromatic nitrogens is 2. The number of rotatable bonds is 3. The highest BCUT2D eigenvalue weighted by atomic mass is 19.1. The molecule has 1 aliphatic heterocycles. The Morgan fingerprint density at radius 3 is 2.50 bits per heavy atom. The van der Waals surface area contributed by atoms with E-state index in [1.54, 1.807) is 6.20 Å². The molecule has 116 valence electrons. The molecule has 0 aliphatic carbocycles. The standard InChI is InChI=1S/C16H18F2N4/c17-12-5-6-14(13(18)11-12)20-16-19-8-7-15(21-16)22-9-3-1-2-4-10-22/h5-8,11H,1-4,9-10H2,(H,19,20,21). The van der Waals surface area contributed by atoms with E-state index in [0.717, 1.165) is 37.8 Å². The van der Waals surface area contributed by atoms with Crippen LogP contribution in [0.2, 0.25) is 0 Å². The van der Waals surface area contributed by atoms with Crippen molar-refractivity contribution in [1.29, 1.82) is 0 Å². The van der Waals surface area contributed by atoms with Gasteiger partial charge in [0.1, 0.15) is 17.5 Å². The monoisotopic (exact) mass is 304 g/mol. The van der Waals surface area contributed by atoms with Crippen LogP contribution in [-0.4, -0.2) is 23.1 Å². The first-order valence-electron chi connectivity index (χ1n) is 7.52. The summed E-state index contributed by atoms with van der Waals surface area (Å²) in [5, 5.41) is 2.80. The van der Waals surface area contributed by atoms with Crippen molar-refractivity contribution < 1.29 is 8.78 Å². The van der Waals surface area contributed by atoms with E-state index in [0.29, 0.717) is 5.95 Å². The third-order valence-electron chi connectivity index (χ3n) is 3.75.